The van der Waals surface area contributed by atoms with Crippen LogP contribution < -0.4 is 5.46 Å². The highest BCUT2D eigenvalue weighted by atomic mass is 19.1. The van der Waals surface area contributed by atoms with Crippen molar-refractivity contribution in [3.05, 3.63) is 34.6 Å². The predicted molar refractivity (Wildman–Crippen MR) is 77.5 cm³/mol. The van der Waals surface area contributed by atoms with E-state index in [4.69, 9.17) is 0 Å². The molecule has 0 saturated heterocycles. The van der Waals surface area contributed by atoms with Crippen molar-refractivity contribution in [2.24, 2.45) is 0 Å². The SMILES string of the molecule is CBc1cc(F)c2c(c1)C1(CCCC1)C(C)=C2C. The van der Waals surface area contributed by atoms with Gasteiger partial charge < -0.3 is 0 Å². The van der Waals surface area contributed by atoms with Crippen molar-refractivity contribution in [3.8, 4) is 0 Å². The van der Waals surface area contributed by atoms with Crippen LogP contribution in [0.25, 0.3) is 5.57 Å². The maximum atomic E-state index is 14.4. The summed E-state index contributed by atoms with van der Waals surface area (Å²) in [5, 5.41) is 0. The first-order valence-corrected chi connectivity index (χ1v) is 7.11. The lowest BCUT2D eigenvalue weighted by molar-refractivity contribution is 0.529. The predicted octanol–water partition coefficient (Wildman–Crippen LogP) is 3.55. The van der Waals surface area contributed by atoms with Crippen molar-refractivity contribution in [1.82, 2.24) is 0 Å². The Bertz CT molecular complexity index is 536. The van der Waals surface area contributed by atoms with E-state index in [-0.39, 0.29) is 11.2 Å². The molecule has 0 aromatic heterocycles. The number of hydrogen-bond acceptors (Lipinski definition) is 0. The van der Waals surface area contributed by atoms with Gasteiger partial charge in [0.05, 0.1) is 0 Å². The molecule has 18 heavy (non-hydrogen) atoms. The molecule has 0 heterocycles. The van der Waals surface area contributed by atoms with Crippen LogP contribution in [-0.4, -0.2) is 7.28 Å². The Morgan fingerprint density at radius 2 is 1.83 bits per heavy atom. The highest BCUT2D eigenvalue weighted by Crippen LogP contribution is 2.55. The summed E-state index contributed by atoms with van der Waals surface area (Å²) in [4.78, 5) is 0. The zero-order valence-electron chi connectivity index (χ0n) is 11.6. The summed E-state index contributed by atoms with van der Waals surface area (Å²) in [5.74, 6) is -0.00928. The summed E-state index contributed by atoms with van der Waals surface area (Å²) in [7, 11) is 0.915. The summed E-state index contributed by atoms with van der Waals surface area (Å²) in [6, 6.07) is 3.99. The quantitative estimate of drug-likeness (QED) is 0.660. The Morgan fingerprint density at radius 3 is 2.44 bits per heavy atom. The van der Waals surface area contributed by atoms with E-state index in [0.717, 1.165) is 18.3 Å². The van der Waals surface area contributed by atoms with Gasteiger partial charge in [-0.15, -0.1) is 0 Å². The summed E-state index contributed by atoms with van der Waals surface area (Å²) in [6.07, 6.45) is 4.97. The van der Waals surface area contributed by atoms with Crippen LogP contribution in [0.4, 0.5) is 4.39 Å². The minimum Gasteiger partial charge on any atom is -0.206 e. The van der Waals surface area contributed by atoms with Gasteiger partial charge in [-0.1, -0.05) is 36.8 Å². The molecule has 94 valence electrons. The average Bonchev–Trinajstić information content (AvgIpc) is 2.92. The van der Waals surface area contributed by atoms with E-state index in [0.29, 0.717) is 0 Å². The third-order valence-electron chi connectivity index (χ3n) is 5.19. The molecule has 2 aliphatic rings. The Labute approximate surface area is 110 Å². The summed E-state index contributed by atoms with van der Waals surface area (Å²) < 4.78 is 14.4. The first-order valence-electron chi connectivity index (χ1n) is 7.11. The lowest BCUT2D eigenvalue weighted by atomic mass is 9.69. The molecule has 1 spiro atoms. The summed E-state index contributed by atoms with van der Waals surface area (Å²) >= 11 is 0. The van der Waals surface area contributed by atoms with E-state index in [1.807, 2.05) is 0 Å². The van der Waals surface area contributed by atoms with Gasteiger partial charge in [0, 0.05) is 11.0 Å². The molecule has 0 bridgehead atoms. The van der Waals surface area contributed by atoms with Gasteiger partial charge >= 0.3 is 0 Å². The molecule has 2 aliphatic carbocycles. The summed E-state index contributed by atoms with van der Waals surface area (Å²) in [6.45, 7) is 6.41. The maximum absolute atomic E-state index is 14.4. The van der Waals surface area contributed by atoms with E-state index >= 15 is 0 Å². The highest BCUT2D eigenvalue weighted by Gasteiger charge is 2.44. The van der Waals surface area contributed by atoms with E-state index in [1.165, 1.54) is 42.4 Å². The minimum atomic E-state index is -0.00928. The number of rotatable bonds is 1. The molecular weight excluding hydrogens is 222 g/mol. The van der Waals surface area contributed by atoms with Crippen LogP contribution in [0.5, 0.6) is 0 Å². The number of benzene rings is 1. The first-order chi connectivity index (χ1) is 8.60. The topological polar surface area (TPSA) is 0 Å². The largest absolute Gasteiger partial charge is 0.206 e. The second-order valence-corrected chi connectivity index (χ2v) is 5.89. The average molecular weight is 242 g/mol. The van der Waals surface area contributed by atoms with Crippen LogP contribution in [0, 0.1) is 5.82 Å². The fourth-order valence-corrected chi connectivity index (χ4v) is 4.00. The van der Waals surface area contributed by atoms with E-state index < -0.39 is 0 Å². The summed E-state index contributed by atoms with van der Waals surface area (Å²) in [5.41, 5.74) is 6.11. The monoisotopic (exact) mass is 242 g/mol. The Balaban J connectivity index is 2.28. The van der Waals surface area contributed by atoms with Crippen molar-refractivity contribution < 1.29 is 4.39 Å². The van der Waals surface area contributed by atoms with Gasteiger partial charge in [0.2, 0.25) is 0 Å². The number of allylic oxidation sites excluding steroid dienone is 2. The lowest BCUT2D eigenvalue weighted by Gasteiger charge is -2.28. The van der Waals surface area contributed by atoms with Crippen molar-refractivity contribution in [3.63, 3.8) is 0 Å². The molecule has 1 aromatic rings. The molecule has 0 nitrogen and oxygen atoms in total. The highest BCUT2D eigenvalue weighted by molar-refractivity contribution is 6.52. The van der Waals surface area contributed by atoms with Crippen LogP contribution in [0.3, 0.4) is 0 Å². The van der Waals surface area contributed by atoms with Gasteiger partial charge in [-0.2, -0.15) is 0 Å². The molecule has 1 fully saturated rings. The van der Waals surface area contributed by atoms with E-state index in [2.05, 4.69) is 26.7 Å². The number of halogens is 1. The molecule has 0 unspecified atom stereocenters. The zero-order chi connectivity index (χ0) is 12.9. The van der Waals surface area contributed by atoms with E-state index in [9.17, 15) is 4.39 Å². The first kappa shape index (κ1) is 12.0. The molecule has 0 atom stereocenters. The van der Waals surface area contributed by atoms with Gasteiger partial charge in [0.15, 0.2) is 7.28 Å². The van der Waals surface area contributed by atoms with Crippen LogP contribution in [0.1, 0.15) is 50.7 Å². The number of fused-ring (bicyclic) bond motifs is 2. The standard InChI is InChI=1S/C16H20BF/c1-10-11(2)16(6-4-5-7-16)13-8-12(17-3)9-14(18)15(10)13/h8-9,17H,4-7H2,1-3H3. The third-order valence-corrected chi connectivity index (χ3v) is 5.19. The van der Waals surface area contributed by atoms with Gasteiger partial charge in [-0.05, 0) is 43.9 Å². The Hall–Kier alpha value is -1.05. The zero-order valence-corrected chi connectivity index (χ0v) is 11.6. The molecule has 0 radical (unpaired) electrons. The van der Waals surface area contributed by atoms with Gasteiger partial charge in [0.1, 0.15) is 5.82 Å². The van der Waals surface area contributed by atoms with Crippen molar-refractivity contribution in [2.45, 2.75) is 51.8 Å². The molecule has 0 amide bonds. The molecule has 0 N–H and O–H groups in total. The number of hydrogen-bond donors (Lipinski definition) is 0. The fraction of sp³-hybridized carbons (Fsp3) is 0.500. The molecule has 1 aromatic carbocycles. The molecular formula is C16H20BF. The van der Waals surface area contributed by atoms with Crippen LogP contribution in [-0.2, 0) is 5.41 Å². The molecule has 0 aliphatic heterocycles. The van der Waals surface area contributed by atoms with E-state index in [1.54, 1.807) is 6.07 Å². The normalized spacial score (nSPS) is 20.7. The molecule has 2 heteroatoms. The maximum Gasteiger partial charge on any atom is 0.154 e. The van der Waals surface area contributed by atoms with Crippen LogP contribution in [0.15, 0.2) is 17.7 Å². The Morgan fingerprint density at radius 1 is 1.17 bits per heavy atom. The lowest BCUT2D eigenvalue weighted by Crippen LogP contribution is -2.24. The van der Waals surface area contributed by atoms with Crippen molar-refractivity contribution >= 4 is 18.3 Å². The molecule has 3 rings (SSSR count). The van der Waals surface area contributed by atoms with Crippen LogP contribution in [0.2, 0.25) is 6.82 Å². The molecule has 1 saturated carbocycles. The fourth-order valence-electron chi connectivity index (χ4n) is 4.00. The smallest absolute Gasteiger partial charge is 0.154 e. The van der Waals surface area contributed by atoms with Gasteiger partial charge in [0.25, 0.3) is 0 Å². The second-order valence-electron chi connectivity index (χ2n) is 5.89. The van der Waals surface area contributed by atoms with Crippen molar-refractivity contribution in [2.75, 3.05) is 0 Å². The third kappa shape index (κ3) is 1.38. The second kappa shape index (κ2) is 3.98. The minimum absolute atomic E-state index is 0.00928. The Kier molecular flexibility index (Phi) is 2.65. The van der Waals surface area contributed by atoms with Crippen LogP contribution >= 0.6 is 0 Å². The van der Waals surface area contributed by atoms with Crippen molar-refractivity contribution in [1.29, 1.82) is 0 Å². The van der Waals surface area contributed by atoms with Gasteiger partial charge in [-0.3, -0.25) is 0 Å². The van der Waals surface area contributed by atoms with Gasteiger partial charge in [-0.25, -0.2) is 4.39 Å².